The summed E-state index contributed by atoms with van der Waals surface area (Å²) >= 11 is 6.56. The lowest BCUT2D eigenvalue weighted by molar-refractivity contribution is -0.153. The minimum absolute atomic E-state index is 0.0301. The van der Waals surface area contributed by atoms with Crippen LogP contribution in [0.25, 0.3) is 5.76 Å². The van der Waals surface area contributed by atoms with Crippen LogP contribution >= 0.6 is 11.6 Å². The van der Waals surface area contributed by atoms with Crippen molar-refractivity contribution in [1.82, 2.24) is 4.90 Å². The molecule has 0 unspecified atom stereocenters. The number of nitrogens with two attached hydrogens (primary N) is 1. The highest BCUT2D eigenvalue weighted by Gasteiger charge is 2.64. The lowest BCUT2D eigenvalue weighted by Gasteiger charge is -2.50. The second-order valence-corrected chi connectivity index (χ2v) is 10.9. The fourth-order valence-electron chi connectivity index (χ4n) is 5.80. The van der Waals surface area contributed by atoms with Crippen molar-refractivity contribution >= 4 is 34.8 Å². The van der Waals surface area contributed by atoms with Gasteiger partial charge in [0.2, 0.25) is 5.78 Å². The topological polar surface area (TPSA) is 161 Å². The van der Waals surface area contributed by atoms with Gasteiger partial charge < -0.3 is 26.2 Å². The molecule has 0 bridgehead atoms. The van der Waals surface area contributed by atoms with Gasteiger partial charge in [-0.15, -0.1) is 11.6 Å². The van der Waals surface area contributed by atoms with Crippen LogP contribution in [0.5, 0.6) is 5.75 Å². The number of likely N-dealkylation sites (N-methyl/N-ethyl adjacent to an activating group) is 1. The van der Waals surface area contributed by atoms with E-state index in [2.05, 4.69) is 0 Å². The van der Waals surface area contributed by atoms with E-state index < -0.39 is 62.9 Å². The zero-order valence-corrected chi connectivity index (χ0v) is 20.0. The average molecular weight is 491 g/mol. The Morgan fingerprint density at radius 1 is 1.21 bits per heavy atom. The average Bonchev–Trinajstić information content (AvgIpc) is 2.69. The van der Waals surface area contributed by atoms with Crippen molar-refractivity contribution in [3.8, 4) is 5.75 Å². The zero-order valence-electron chi connectivity index (χ0n) is 19.2. The monoisotopic (exact) mass is 490 g/mol. The van der Waals surface area contributed by atoms with Crippen LogP contribution in [0.4, 0.5) is 0 Å². The third kappa shape index (κ3) is 3.10. The minimum atomic E-state index is -2.65. The Kier molecular flexibility index (Phi) is 5.39. The molecular formula is C24H27ClN2O7. The number of benzene rings is 1. The maximum Gasteiger partial charge on any atom is 0.255 e. The molecule has 9 nitrogen and oxygen atoms in total. The molecule has 3 aliphatic rings. The molecule has 10 heteroatoms. The van der Waals surface area contributed by atoms with Crippen molar-refractivity contribution in [3.63, 3.8) is 0 Å². The molecule has 0 aromatic heterocycles. The number of nitrogens with zero attached hydrogens (tertiary/aromatic N) is 1. The van der Waals surface area contributed by atoms with Gasteiger partial charge in [0.05, 0.1) is 16.5 Å². The number of Topliss-reactive ketones (excluding diaryl/α,β-unsaturated/α-hetero) is 2. The molecule has 0 radical (unpaired) electrons. The minimum Gasteiger partial charge on any atom is -0.508 e. The van der Waals surface area contributed by atoms with Gasteiger partial charge in [0.15, 0.2) is 11.4 Å². The van der Waals surface area contributed by atoms with E-state index in [-0.39, 0.29) is 29.7 Å². The van der Waals surface area contributed by atoms with Gasteiger partial charge in [0, 0.05) is 11.5 Å². The van der Waals surface area contributed by atoms with Crippen LogP contribution in [0.1, 0.15) is 37.0 Å². The van der Waals surface area contributed by atoms with E-state index in [1.54, 1.807) is 34.0 Å². The summed E-state index contributed by atoms with van der Waals surface area (Å²) in [4.78, 5) is 39.4. The zero-order chi connectivity index (χ0) is 25.5. The van der Waals surface area contributed by atoms with Crippen LogP contribution in [0.3, 0.4) is 0 Å². The number of aromatic hydroxyl groups is 1. The number of hydrogen-bond acceptors (Lipinski definition) is 8. The van der Waals surface area contributed by atoms with Crippen molar-refractivity contribution in [1.29, 1.82) is 0 Å². The van der Waals surface area contributed by atoms with E-state index in [0.29, 0.717) is 11.1 Å². The molecule has 182 valence electrons. The first kappa shape index (κ1) is 24.3. The molecule has 1 fully saturated rings. The Hall–Kier alpha value is -2.88. The summed E-state index contributed by atoms with van der Waals surface area (Å²) in [7, 11) is 3.11. The number of hydrogen-bond donors (Lipinski definition) is 5. The number of phenolic OH excluding ortho intramolecular Hbond substituents is 1. The summed E-state index contributed by atoms with van der Waals surface area (Å²) in [5.74, 6) is -6.75. The van der Waals surface area contributed by atoms with E-state index >= 15 is 0 Å². The SMILES string of the molecule is CN(C)[C@@H]1C(=O)C(C(N)=O)=C(O)[C@@]2(O)C(=O)C3=C(O)c4c(O)ccc(C(C)(C)Cl)c4C[C@H]3C[C@@H]12. The second kappa shape index (κ2) is 7.56. The maximum atomic E-state index is 13.7. The normalized spacial score (nSPS) is 29.2. The highest BCUT2D eigenvalue weighted by molar-refractivity contribution is 6.25. The molecule has 0 aliphatic heterocycles. The Bertz CT molecular complexity index is 1210. The highest BCUT2D eigenvalue weighted by Crippen LogP contribution is 2.53. The highest BCUT2D eigenvalue weighted by atomic mass is 35.5. The van der Waals surface area contributed by atoms with Crippen LogP contribution in [0.2, 0.25) is 0 Å². The number of carbonyl (C=O) groups is 3. The lowest BCUT2D eigenvalue weighted by atomic mass is 9.57. The van der Waals surface area contributed by atoms with Gasteiger partial charge in [0.25, 0.3) is 5.91 Å². The standard InChI is InChI=1S/C24H27ClN2O7/c1-23(2,25)11-5-6-13(28)15-10(11)7-9-8-12-17(27(3)4)19(30)16(22(26)33)21(32)24(12,34)20(31)14(9)18(15)29/h5-6,9,12,17,28-29,32,34H,7-8H2,1-4H3,(H2,26,33)/t9-,12-,17-,24-/m0/s1. The van der Waals surface area contributed by atoms with Gasteiger partial charge in [-0.3, -0.25) is 19.3 Å². The molecule has 6 N–H and O–H groups in total. The summed E-state index contributed by atoms with van der Waals surface area (Å²) in [6.45, 7) is 3.52. The molecule has 1 amide bonds. The number of halogens is 1. The number of primary amides is 1. The van der Waals surface area contributed by atoms with Crippen LogP contribution in [-0.4, -0.2) is 68.5 Å². The molecule has 1 aromatic carbocycles. The van der Waals surface area contributed by atoms with Crippen molar-refractivity contribution < 1.29 is 34.8 Å². The molecule has 0 spiro atoms. The van der Waals surface area contributed by atoms with Gasteiger partial charge in [0.1, 0.15) is 22.8 Å². The third-order valence-corrected chi connectivity index (χ3v) is 7.45. The van der Waals surface area contributed by atoms with E-state index in [0.717, 1.165) is 0 Å². The number of aliphatic hydroxyl groups excluding tert-OH is 2. The number of alkyl halides is 1. The molecule has 3 aliphatic carbocycles. The van der Waals surface area contributed by atoms with Crippen molar-refractivity contribution in [2.75, 3.05) is 14.1 Å². The summed E-state index contributed by atoms with van der Waals surface area (Å²) in [5.41, 5.74) is 2.88. The van der Waals surface area contributed by atoms with E-state index in [9.17, 15) is 34.8 Å². The first-order valence-electron chi connectivity index (χ1n) is 10.8. The summed E-state index contributed by atoms with van der Waals surface area (Å²) in [5, 5.41) is 44.1. The van der Waals surface area contributed by atoms with Crippen molar-refractivity contribution in [3.05, 3.63) is 45.7 Å². The van der Waals surface area contributed by atoms with E-state index in [4.69, 9.17) is 17.3 Å². The number of amides is 1. The summed E-state index contributed by atoms with van der Waals surface area (Å²) in [6, 6.07) is 1.90. The smallest absolute Gasteiger partial charge is 0.255 e. The van der Waals surface area contributed by atoms with Crippen molar-refractivity contribution in [2.24, 2.45) is 17.6 Å². The molecule has 0 saturated heterocycles. The number of rotatable bonds is 3. The number of carbonyl (C=O) groups excluding carboxylic acids is 3. The third-order valence-electron chi connectivity index (χ3n) is 7.24. The summed E-state index contributed by atoms with van der Waals surface area (Å²) < 4.78 is 0. The molecule has 0 heterocycles. The first-order chi connectivity index (χ1) is 15.6. The van der Waals surface area contributed by atoms with Crippen LogP contribution in [0, 0.1) is 11.8 Å². The largest absolute Gasteiger partial charge is 0.508 e. The predicted molar refractivity (Wildman–Crippen MR) is 123 cm³/mol. The van der Waals surface area contributed by atoms with Crippen molar-refractivity contribution in [2.45, 2.75) is 43.2 Å². The number of fused-ring (bicyclic) bond motifs is 3. The van der Waals surface area contributed by atoms with Gasteiger partial charge >= 0.3 is 0 Å². The summed E-state index contributed by atoms with van der Waals surface area (Å²) in [6.07, 6.45) is 0.234. The van der Waals surface area contributed by atoms with Gasteiger partial charge in [-0.2, -0.15) is 0 Å². The lowest BCUT2D eigenvalue weighted by Crippen LogP contribution is -2.65. The van der Waals surface area contributed by atoms with Gasteiger partial charge in [-0.25, -0.2) is 0 Å². The predicted octanol–water partition coefficient (Wildman–Crippen LogP) is 1.44. The van der Waals surface area contributed by atoms with Gasteiger partial charge in [-0.1, -0.05) is 6.07 Å². The molecule has 1 aromatic rings. The Morgan fingerprint density at radius 2 is 1.82 bits per heavy atom. The fraction of sp³-hybridized carbons (Fsp3) is 0.458. The van der Waals surface area contributed by atoms with Crippen LogP contribution in [-0.2, 0) is 25.7 Å². The molecule has 34 heavy (non-hydrogen) atoms. The Morgan fingerprint density at radius 3 is 2.35 bits per heavy atom. The van der Waals surface area contributed by atoms with E-state index in [1.165, 1.54) is 11.0 Å². The molecule has 4 rings (SSSR count). The first-order valence-corrected chi connectivity index (χ1v) is 11.2. The molecule has 4 atom stereocenters. The fourth-order valence-corrected chi connectivity index (χ4v) is 5.98. The van der Waals surface area contributed by atoms with E-state index in [1.807, 2.05) is 0 Å². The molecular weight excluding hydrogens is 464 g/mol. The molecule has 1 saturated carbocycles. The van der Waals surface area contributed by atoms with Gasteiger partial charge in [-0.05, 0) is 63.9 Å². The number of phenols is 1. The maximum absolute atomic E-state index is 13.7. The van der Waals surface area contributed by atoms with Crippen LogP contribution < -0.4 is 5.73 Å². The number of aliphatic hydroxyl groups is 3. The Labute approximate surface area is 201 Å². The second-order valence-electron chi connectivity index (χ2n) is 9.92. The Balaban J connectivity index is 2.00. The quantitative estimate of drug-likeness (QED) is 0.314. The number of ketones is 2. The van der Waals surface area contributed by atoms with Crippen LogP contribution in [0.15, 0.2) is 29.0 Å².